The number of hydrogen-bond acceptors (Lipinski definition) is 6. The molecule has 0 radical (unpaired) electrons. The van der Waals surface area contributed by atoms with Gasteiger partial charge in [0, 0.05) is 18.1 Å². The van der Waals surface area contributed by atoms with E-state index in [1.807, 2.05) is 11.8 Å². The van der Waals surface area contributed by atoms with E-state index in [2.05, 4.69) is 17.2 Å². The summed E-state index contributed by atoms with van der Waals surface area (Å²) in [7, 11) is 0. The lowest BCUT2D eigenvalue weighted by Gasteiger charge is -2.46. The van der Waals surface area contributed by atoms with Crippen LogP contribution in [0, 0.1) is 5.92 Å². The highest BCUT2D eigenvalue weighted by Crippen LogP contribution is 2.41. The molecule has 3 N–H and O–H groups in total. The highest BCUT2D eigenvalue weighted by atomic mass is 32.2. The summed E-state index contributed by atoms with van der Waals surface area (Å²) < 4.78 is 12.1. The molecule has 20 heavy (non-hydrogen) atoms. The van der Waals surface area contributed by atoms with Crippen LogP contribution in [0.4, 0.5) is 0 Å². The molecule has 0 aliphatic carbocycles. The van der Waals surface area contributed by atoms with Crippen LogP contribution >= 0.6 is 23.5 Å². The quantitative estimate of drug-likeness (QED) is 0.609. The van der Waals surface area contributed by atoms with Crippen LogP contribution in [0.2, 0.25) is 0 Å². The molecule has 3 atom stereocenters. The first-order valence-electron chi connectivity index (χ1n) is 7.70. The van der Waals surface area contributed by atoms with Crippen LogP contribution in [-0.2, 0) is 9.47 Å². The zero-order valence-electron chi connectivity index (χ0n) is 12.0. The van der Waals surface area contributed by atoms with Crippen LogP contribution in [0.15, 0.2) is 0 Å². The minimum Gasteiger partial charge on any atom is -0.375 e. The lowest BCUT2D eigenvalue weighted by molar-refractivity contribution is -0.115. The number of rotatable bonds is 3. The summed E-state index contributed by atoms with van der Waals surface area (Å²) in [4.78, 5) is 0. The topological polar surface area (TPSA) is 56.5 Å². The van der Waals surface area contributed by atoms with E-state index in [-0.39, 0.29) is 17.7 Å². The third-order valence-electron chi connectivity index (χ3n) is 4.88. The van der Waals surface area contributed by atoms with Crippen molar-refractivity contribution in [1.82, 2.24) is 5.43 Å². The fourth-order valence-electron chi connectivity index (χ4n) is 3.72. The average molecular weight is 319 g/mol. The molecule has 3 fully saturated rings. The number of ether oxygens (including phenoxy) is 2. The molecule has 0 aromatic heterocycles. The average Bonchev–Trinajstić information content (AvgIpc) is 2.50. The summed E-state index contributed by atoms with van der Waals surface area (Å²) >= 11 is 4.04. The second-order valence-electron chi connectivity index (χ2n) is 6.07. The zero-order chi connectivity index (χ0) is 13.8. The molecular formula is C14H26N2O2S2. The SMILES string of the molecule is NNC(C1CCOC2(CCSCC2)C1)C1CSCCO1. The number of nitrogens with two attached hydrogens (primary N) is 1. The second kappa shape index (κ2) is 7.20. The first kappa shape index (κ1) is 15.4. The number of hydrogen-bond donors (Lipinski definition) is 2. The van der Waals surface area contributed by atoms with Crippen molar-refractivity contribution in [3.8, 4) is 0 Å². The number of hydrazine groups is 1. The molecule has 3 aliphatic heterocycles. The smallest absolute Gasteiger partial charge is 0.0834 e. The zero-order valence-corrected chi connectivity index (χ0v) is 13.6. The van der Waals surface area contributed by atoms with Crippen LogP contribution in [0.5, 0.6) is 0 Å². The van der Waals surface area contributed by atoms with Gasteiger partial charge in [0.2, 0.25) is 0 Å². The standard InChI is InChI=1S/C14H26N2O2S2/c15-16-13(12-10-20-8-5-17-12)11-1-4-18-14(9-11)2-6-19-7-3-14/h11-13,16H,1-10,15H2. The Morgan fingerprint density at radius 2 is 2.00 bits per heavy atom. The van der Waals surface area contributed by atoms with E-state index in [1.54, 1.807) is 0 Å². The Hall–Kier alpha value is 0.540. The van der Waals surface area contributed by atoms with Gasteiger partial charge in [0.25, 0.3) is 0 Å². The maximum Gasteiger partial charge on any atom is 0.0834 e. The van der Waals surface area contributed by atoms with Crippen molar-refractivity contribution in [2.24, 2.45) is 11.8 Å². The Labute approximate surface area is 130 Å². The van der Waals surface area contributed by atoms with Gasteiger partial charge in [-0.3, -0.25) is 11.3 Å². The van der Waals surface area contributed by atoms with E-state index in [1.165, 1.54) is 24.3 Å². The van der Waals surface area contributed by atoms with Gasteiger partial charge < -0.3 is 9.47 Å². The van der Waals surface area contributed by atoms with E-state index in [0.717, 1.165) is 37.6 Å². The molecule has 3 rings (SSSR count). The summed E-state index contributed by atoms with van der Waals surface area (Å²) in [6, 6.07) is 0.276. The van der Waals surface area contributed by atoms with Crippen molar-refractivity contribution >= 4 is 23.5 Å². The Kier molecular flexibility index (Phi) is 5.56. The van der Waals surface area contributed by atoms with Crippen molar-refractivity contribution in [2.45, 2.75) is 43.4 Å². The van der Waals surface area contributed by atoms with Gasteiger partial charge in [-0.1, -0.05) is 0 Å². The van der Waals surface area contributed by atoms with E-state index in [0.29, 0.717) is 5.92 Å². The van der Waals surface area contributed by atoms with Gasteiger partial charge in [-0.15, -0.1) is 0 Å². The van der Waals surface area contributed by atoms with E-state index in [9.17, 15) is 0 Å². The fourth-order valence-corrected chi connectivity index (χ4v) is 5.88. The maximum atomic E-state index is 6.19. The van der Waals surface area contributed by atoms with Crippen LogP contribution in [-0.4, -0.2) is 54.0 Å². The molecule has 0 bridgehead atoms. The highest BCUT2D eigenvalue weighted by molar-refractivity contribution is 7.99. The predicted molar refractivity (Wildman–Crippen MR) is 86.1 cm³/mol. The first-order valence-corrected chi connectivity index (χ1v) is 10.0. The highest BCUT2D eigenvalue weighted by Gasteiger charge is 2.43. The molecule has 0 aromatic carbocycles. The van der Waals surface area contributed by atoms with Crippen LogP contribution in [0.3, 0.4) is 0 Å². The molecule has 6 heteroatoms. The summed E-state index contributed by atoms with van der Waals surface area (Å²) in [6.45, 7) is 1.74. The molecule has 4 nitrogen and oxygen atoms in total. The molecule has 116 valence electrons. The first-order chi connectivity index (χ1) is 9.83. The molecule has 3 aliphatic rings. The minimum absolute atomic E-state index is 0.130. The number of nitrogens with one attached hydrogen (secondary N) is 1. The van der Waals surface area contributed by atoms with Crippen molar-refractivity contribution < 1.29 is 9.47 Å². The van der Waals surface area contributed by atoms with Crippen LogP contribution in [0.25, 0.3) is 0 Å². The number of thioether (sulfide) groups is 2. The Balaban J connectivity index is 1.64. The lowest BCUT2D eigenvalue weighted by Crippen LogP contribution is -2.56. The van der Waals surface area contributed by atoms with Gasteiger partial charge in [-0.05, 0) is 43.1 Å². The third kappa shape index (κ3) is 3.47. The van der Waals surface area contributed by atoms with Crippen molar-refractivity contribution in [3.05, 3.63) is 0 Å². The molecule has 1 spiro atoms. The van der Waals surface area contributed by atoms with Crippen LogP contribution in [0.1, 0.15) is 25.7 Å². The monoisotopic (exact) mass is 318 g/mol. The van der Waals surface area contributed by atoms with E-state index in [4.69, 9.17) is 15.3 Å². The largest absolute Gasteiger partial charge is 0.375 e. The maximum absolute atomic E-state index is 6.19. The van der Waals surface area contributed by atoms with Gasteiger partial charge in [-0.2, -0.15) is 23.5 Å². The van der Waals surface area contributed by atoms with Gasteiger partial charge in [0.1, 0.15) is 0 Å². The summed E-state index contributed by atoms with van der Waals surface area (Å²) in [6.07, 6.45) is 4.91. The van der Waals surface area contributed by atoms with E-state index >= 15 is 0 Å². The Morgan fingerprint density at radius 1 is 1.15 bits per heavy atom. The summed E-state index contributed by atoms with van der Waals surface area (Å²) in [5.41, 5.74) is 3.19. The molecule has 3 saturated heterocycles. The second-order valence-corrected chi connectivity index (χ2v) is 8.45. The van der Waals surface area contributed by atoms with Crippen molar-refractivity contribution in [2.75, 3.05) is 36.2 Å². The van der Waals surface area contributed by atoms with Gasteiger partial charge >= 0.3 is 0 Å². The Bertz CT molecular complexity index is 302. The lowest BCUT2D eigenvalue weighted by atomic mass is 9.77. The van der Waals surface area contributed by atoms with Crippen LogP contribution < -0.4 is 11.3 Å². The van der Waals surface area contributed by atoms with Gasteiger partial charge in [0.15, 0.2) is 0 Å². The van der Waals surface area contributed by atoms with Gasteiger partial charge in [0.05, 0.1) is 24.4 Å². The normalized spacial score (nSPS) is 35.9. The molecule has 3 heterocycles. The summed E-state index contributed by atoms with van der Waals surface area (Å²) in [5, 5.41) is 0. The third-order valence-corrected chi connectivity index (χ3v) is 6.88. The predicted octanol–water partition coefficient (Wildman–Crippen LogP) is 1.64. The molecule has 0 aromatic rings. The minimum atomic E-state index is 0.130. The molecule has 3 unspecified atom stereocenters. The van der Waals surface area contributed by atoms with E-state index < -0.39 is 0 Å². The Morgan fingerprint density at radius 3 is 2.70 bits per heavy atom. The molecule has 0 amide bonds. The van der Waals surface area contributed by atoms with Crippen molar-refractivity contribution in [3.63, 3.8) is 0 Å². The summed E-state index contributed by atoms with van der Waals surface area (Å²) in [5.74, 6) is 11.1. The van der Waals surface area contributed by atoms with Gasteiger partial charge in [-0.25, -0.2) is 0 Å². The molecular weight excluding hydrogens is 292 g/mol. The fraction of sp³-hybridized carbons (Fsp3) is 1.00. The van der Waals surface area contributed by atoms with Crippen molar-refractivity contribution in [1.29, 1.82) is 0 Å². The molecule has 0 saturated carbocycles.